The van der Waals surface area contributed by atoms with Crippen LogP contribution in [0.15, 0.2) is 29.6 Å². The van der Waals surface area contributed by atoms with Crippen LogP contribution in [0.5, 0.6) is 0 Å². The van der Waals surface area contributed by atoms with E-state index in [1.807, 2.05) is 18.4 Å². The van der Waals surface area contributed by atoms with Gasteiger partial charge in [-0.3, -0.25) is 0 Å². The summed E-state index contributed by atoms with van der Waals surface area (Å²) in [6.45, 7) is 2.54. The molecule has 0 aromatic carbocycles. The molecule has 0 saturated heterocycles. The number of hydrogen-bond acceptors (Lipinski definition) is 3. The van der Waals surface area contributed by atoms with Gasteiger partial charge < -0.3 is 5.32 Å². The van der Waals surface area contributed by atoms with Crippen LogP contribution < -0.4 is 5.32 Å². The van der Waals surface area contributed by atoms with Crippen LogP contribution in [0.2, 0.25) is 0 Å². The maximum absolute atomic E-state index is 12.5. The van der Waals surface area contributed by atoms with Crippen molar-refractivity contribution in [3.63, 3.8) is 0 Å². The van der Waals surface area contributed by atoms with Crippen molar-refractivity contribution in [3.8, 4) is 0 Å². The summed E-state index contributed by atoms with van der Waals surface area (Å²) in [5, 5.41) is 4.92. The van der Waals surface area contributed by atoms with Gasteiger partial charge in [0, 0.05) is 4.88 Å². The number of aromatic nitrogens is 1. The van der Waals surface area contributed by atoms with E-state index >= 15 is 0 Å². The van der Waals surface area contributed by atoms with E-state index < -0.39 is 11.9 Å². The highest BCUT2D eigenvalue weighted by Gasteiger charge is 2.32. The predicted molar refractivity (Wildman–Crippen MR) is 70.3 cm³/mol. The second-order valence-electron chi connectivity index (χ2n) is 3.98. The van der Waals surface area contributed by atoms with Crippen molar-refractivity contribution in [3.05, 3.63) is 45.8 Å². The summed E-state index contributed by atoms with van der Waals surface area (Å²) in [5.74, 6) is 0.241. The fourth-order valence-corrected chi connectivity index (χ4v) is 2.61. The van der Waals surface area contributed by atoms with Crippen molar-refractivity contribution < 1.29 is 13.2 Å². The molecule has 102 valence electrons. The Morgan fingerprint density at radius 2 is 2.05 bits per heavy atom. The van der Waals surface area contributed by atoms with Gasteiger partial charge in [-0.15, -0.1) is 11.3 Å². The zero-order valence-electron chi connectivity index (χ0n) is 10.3. The van der Waals surface area contributed by atoms with Gasteiger partial charge >= 0.3 is 6.18 Å². The smallest absolute Gasteiger partial charge is 0.365 e. The molecule has 0 aliphatic carbocycles. The third-order valence-corrected chi connectivity index (χ3v) is 3.65. The lowest BCUT2D eigenvalue weighted by Crippen LogP contribution is -2.10. The highest BCUT2D eigenvalue weighted by Crippen LogP contribution is 2.28. The molecule has 6 heteroatoms. The highest BCUT2D eigenvalue weighted by molar-refractivity contribution is 7.10. The molecule has 0 radical (unpaired) electrons. The molecule has 0 fully saturated rings. The van der Waals surface area contributed by atoms with Crippen molar-refractivity contribution >= 4 is 17.2 Å². The van der Waals surface area contributed by atoms with E-state index in [0.717, 1.165) is 17.4 Å². The molecule has 0 spiro atoms. The summed E-state index contributed by atoms with van der Waals surface area (Å²) in [7, 11) is 0. The second-order valence-corrected chi connectivity index (χ2v) is 4.98. The zero-order chi connectivity index (χ0) is 13.9. The van der Waals surface area contributed by atoms with Gasteiger partial charge in [-0.05, 0) is 35.6 Å². The summed E-state index contributed by atoms with van der Waals surface area (Å²) in [4.78, 5) is 4.69. The second kappa shape index (κ2) is 5.61. The Balaban J connectivity index is 2.08. The van der Waals surface area contributed by atoms with Gasteiger partial charge in [-0.2, -0.15) is 13.2 Å². The van der Waals surface area contributed by atoms with Crippen molar-refractivity contribution in [2.24, 2.45) is 0 Å². The molecular weight excluding hydrogens is 273 g/mol. The first kappa shape index (κ1) is 13.9. The molecule has 0 amide bonds. The van der Waals surface area contributed by atoms with Gasteiger partial charge in [-0.1, -0.05) is 13.0 Å². The maximum Gasteiger partial charge on any atom is 0.433 e. The molecule has 2 aromatic heterocycles. The predicted octanol–water partition coefficient (Wildman–Crippen LogP) is 4.34. The van der Waals surface area contributed by atoms with E-state index in [1.54, 1.807) is 11.3 Å². The zero-order valence-corrected chi connectivity index (χ0v) is 11.1. The standard InChI is InChI=1S/C13H13F3N2S/c1-2-9-6-7-19-10(9)8-17-12-5-3-4-11(18-12)13(14,15)16/h3-7H,2,8H2,1H3,(H,17,18). The lowest BCUT2D eigenvalue weighted by Gasteiger charge is -2.09. The van der Waals surface area contributed by atoms with E-state index in [-0.39, 0.29) is 5.82 Å². The monoisotopic (exact) mass is 286 g/mol. The Bertz CT molecular complexity index is 549. The summed E-state index contributed by atoms with van der Waals surface area (Å²) >= 11 is 1.59. The van der Waals surface area contributed by atoms with Gasteiger partial charge in [-0.25, -0.2) is 4.98 Å². The number of hydrogen-bond donors (Lipinski definition) is 1. The Hall–Kier alpha value is -1.56. The van der Waals surface area contributed by atoms with Gasteiger partial charge in [0.15, 0.2) is 0 Å². The number of nitrogens with zero attached hydrogens (tertiary/aromatic N) is 1. The minimum atomic E-state index is -4.41. The number of pyridine rings is 1. The summed E-state index contributed by atoms with van der Waals surface area (Å²) in [6.07, 6.45) is -3.49. The summed E-state index contributed by atoms with van der Waals surface area (Å²) < 4.78 is 37.5. The molecule has 2 nitrogen and oxygen atoms in total. The number of nitrogens with one attached hydrogen (secondary N) is 1. The lowest BCUT2D eigenvalue weighted by atomic mass is 10.2. The van der Waals surface area contributed by atoms with E-state index in [1.165, 1.54) is 17.7 Å². The summed E-state index contributed by atoms with van der Waals surface area (Å²) in [6, 6.07) is 5.89. The minimum absolute atomic E-state index is 0.241. The fourth-order valence-electron chi connectivity index (χ4n) is 1.70. The number of rotatable bonds is 4. The van der Waals surface area contributed by atoms with E-state index in [9.17, 15) is 13.2 Å². The van der Waals surface area contributed by atoms with Crippen molar-refractivity contribution in [1.29, 1.82) is 0 Å². The first-order valence-electron chi connectivity index (χ1n) is 5.84. The molecule has 2 rings (SSSR count). The van der Waals surface area contributed by atoms with Crippen LogP contribution in [0.4, 0.5) is 19.0 Å². The topological polar surface area (TPSA) is 24.9 Å². The minimum Gasteiger partial charge on any atom is -0.365 e. The quantitative estimate of drug-likeness (QED) is 0.904. The summed E-state index contributed by atoms with van der Waals surface area (Å²) in [5.41, 5.74) is 0.337. The van der Waals surface area contributed by atoms with Crippen LogP contribution in [0.1, 0.15) is 23.1 Å². The molecule has 2 heterocycles. The van der Waals surface area contributed by atoms with E-state index in [4.69, 9.17) is 0 Å². The van der Waals surface area contributed by atoms with Gasteiger partial charge in [0.2, 0.25) is 0 Å². The molecule has 1 N–H and O–H groups in total. The molecular formula is C13H13F3N2S. The molecule has 0 aliphatic heterocycles. The Kier molecular flexibility index (Phi) is 4.09. The number of anilines is 1. The lowest BCUT2D eigenvalue weighted by molar-refractivity contribution is -0.141. The van der Waals surface area contributed by atoms with Gasteiger partial charge in [0.25, 0.3) is 0 Å². The average molecular weight is 286 g/mol. The third kappa shape index (κ3) is 3.47. The van der Waals surface area contributed by atoms with Crippen LogP contribution in [-0.2, 0) is 19.1 Å². The van der Waals surface area contributed by atoms with Crippen LogP contribution in [0.3, 0.4) is 0 Å². The number of thiophene rings is 1. The van der Waals surface area contributed by atoms with Crippen LogP contribution in [0.25, 0.3) is 0 Å². The molecule has 0 atom stereocenters. The number of aryl methyl sites for hydroxylation is 1. The maximum atomic E-state index is 12.5. The first-order valence-corrected chi connectivity index (χ1v) is 6.72. The van der Waals surface area contributed by atoms with E-state index in [2.05, 4.69) is 10.3 Å². The third-order valence-electron chi connectivity index (χ3n) is 2.69. The molecule has 0 bridgehead atoms. The van der Waals surface area contributed by atoms with Gasteiger partial charge in [0.05, 0.1) is 6.54 Å². The molecule has 0 unspecified atom stereocenters. The first-order chi connectivity index (χ1) is 9.00. The molecule has 0 saturated carbocycles. The molecule has 19 heavy (non-hydrogen) atoms. The Morgan fingerprint density at radius 1 is 1.26 bits per heavy atom. The van der Waals surface area contributed by atoms with Crippen LogP contribution >= 0.6 is 11.3 Å². The SMILES string of the molecule is CCc1ccsc1CNc1cccc(C(F)(F)F)n1. The van der Waals surface area contributed by atoms with Crippen molar-refractivity contribution in [1.82, 2.24) is 4.98 Å². The van der Waals surface area contributed by atoms with E-state index in [0.29, 0.717) is 6.54 Å². The van der Waals surface area contributed by atoms with Crippen molar-refractivity contribution in [2.75, 3.05) is 5.32 Å². The average Bonchev–Trinajstić information content (AvgIpc) is 2.83. The molecule has 2 aromatic rings. The van der Waals surface area contributed by atoms with Crippen LogP contribution in [-0.4, -0.2) is 4.98 Å². The normalized spacial score (nSPS) is 11.6. The Labute approximate surface area is 113 Å². The van der Waals surface area contributed by atoms with Gasteiger partial charge in [0.1, 0.15) is 11.5 Å². The number of halogens is 3. The fraction of sp³-hybridized carbons (Fsp3) is 0.308. The number of alkyl halides is 3. The Morgan fingerprint density at radius 3 is 2.74 bits per heavy atom. The molecule has 0 aliphatic rings. The van der Waals surface area contributed by atoms with Crippen LogP contribution in [0, 0.1) is 0 Å². The van der Waals surface area contributed by atoms with Crippen molar-refractivity contribution in [2.45, 2.75) is 26.1 Å². The largest absolute Gasteiger partial charge is 0.433 e. The highest BCUT2D eigenvalue weighted by atomic mass is 32.1.